The Bertz CT molecular complexity index is 599. The molecule has 0 aliphatic heterocycles. The van der Waals surface area contributed by atoms with Crippen LogP contribution >= 0.6 is 0 Å². The zero-order chi connectivity index (χ0) is 16.9. The minimum absolute atomic E-state index is 0. The summed E-state index contributed by atoms with van der Waals surface area (Å²) in [5.41, 5.74) is -0.796. The fraction of sp³-hybridized carbons (Fsp3) is 0.316. The summed E-state index contributed by atoms with van der Waals surface area (Å²) in [6.45, 7) is 0.926. The molecular weight excluding hydrogens is 326 g/mol. The van der Waals surface area contributed by atoms with Crippen molar-refractivity contribution in [2.75, 3.05) is 34.3 Å². The number of rotatable bonds is 6. The van der Waals surface area contributed by atoms with Crippen molar-refractivity contribution in [3.63, 3.8) is 0 Å². The SMILES string of the molecule is C[N+](C)(C)CCOC(=O)C(O)(c1ccccc1)c1ccccc1.[Cl-]. The second kappa shape index (κ2) is 8.29. The maximum atomic E-state index is 12.7. The third-order valence-electron chi connectivity index (χ3n) is 3.67. The van der Waals surface area contributed by atoms with Gasteiger partial charge in [0, 0.05) is 0 Å². The van der Waals surface area contributed by atoms with E-state index in [9.17, 15) is 9.90 Å². The van der Waals surface area contributed by atoms with Crippen LogP contribution in [0.15, 0.2) is 60.7 Å². The predicted octanol–water partition coefficient (Wildman–Crippen LogP) is -0.824. The molecule has 0 aromatic heterocycles. The van der Waals surface area contributed by atoms with Crippen LogP contribution in [0, 0.1) is 0 Å². The largest absolute Gasteiger partial charge is 1.00 e. The van der Waals surface area contributed by atoms with E-state index in [4.69, 9.17) is 4.74 Å². The lowest BCUT2D eigenvalue weighted by Crippen LogP contribution is -3.00. The highest BCUT2D eigenvalue weighted by molar-refractivity contribution is 5.85. The lowest BCUT2D eigenvalue weighted by molar-refractivity contribution is -0.870. The van der Waals surface area contributed by atoms with Gasteiger partial charge in [-0.3, -0.25) is 0 Å². The Balaban J connectivity index is 0.00000288. The molecule has 2 aromatic carbocycles. The number of carbonyl (C=O) groups excluding carboxylic acids is 1. The van der Waals surface area contributed by atoms with Gasteiger partial charge >= 0.3 is 5.97 Å². The van der Waals surface area contributed by atoms with Crippen molar-refractivity contribution in [3.8, 4) is 0 Å². The van der Waals surface area contributed by atoms with Crippen molar-refractivity contribution in [2.24, 2.45) is 0 Å². The Kier molecular flexibility index (Phi) is 6.96. The number of halogens is 1. The number of carbonyl (C=O) groups is 1. The molecule has 0 bridgehead atoms. The second-order valence-electron chi connectivity index (χ2n) is 6.59. The van der Waals surface area contributed by atoms with E-state index in [1.807, 2.05) is 33.3 Å². The van der Waals surface area contributed by atoms with Crippen LogP contribution in [0.3, 0.4) is 0 Å². The molecule has 0 unspecified atom stereocenters. The van der Waals surface area contributed by atoms with Gasteiger partial charge < -0.3 is 26.7 Å². The summed E-state index contributed by atoms with van der Waals surface area (Å²) >= 11 is 0. The zero-order valence-electron chi connectivity index (χ0n) is 14.3. The number of benzene rings is 2. The van der Waals surface area contributed by atoms with E-state index in [0.29, 0.717) is 22.2 Å². The maximum absolute atomic E-state index is 12.7. The van der Waals surface area contributed by atoms with Gasteiger partial charge in [0.2, 0.25) is 5.60 Å². The quantitative estimate of drug-likeness (QED) is 0.547. The van der Waals surface area contributed by atoms with Crippen molar-refractivity contribution in [2.45, 2.75) is 5.60 Å². The molecule has 130 valence electrons. The molecule has 0 amide bonds. The van der Waals surface area contributed by atoms with Gasteiger partial charge in [-0.15, -0.1) is 0 Å². The normalized spacial score (nSPS) is 11.5. The molecular formula is C19H24ClNO3. The maximum Gasteiger partial charge on any atom is 0.347 e. The summed E-state index contributed by atoms with van der Waals surface area (Å²) in [5.74, 6) is -0.650. The molecule has 24 heavy (non-hydrogen) atoms. The number of esters is 1. The smallest absolute Gasteiger partial charge is 0.347 e. The van der Waals surface area contributed by atoms with Crippen molar-refractivity contribution in [1.82, 2.24) is 0 Å². The van der Waals surface area contributed by atoms with Crippen LogP contribution in [-0.4, -0.2) is 49.9 Å². The van der Waals surface area contributed by atoms with Gasteiger partial charge in [-0.1, -0.05) is 60.7 Å². The fourth-order valence-corrected chi connectivity index (χ4v) is 2.28. The Hall–Kier alpha value is -1.88. The van der Waals surface area contributed by atoms with E-state index >= 15 is 0 Å². The Morgan fingerprint density at radius 1 is 0.958 bits per heavy atom. The topological polar surface area (TPSA) is 46.5 Å². The molecule has 0 atom stereocenters. The van der Waals surface area contributed by atoms with E-state index in [2.05, 4.69) is 0 Å². The summed E-state index contributed by atoms with van der Waals surface area (Å²) in [7, 11) is 6.07. The molecule has 0 spiro atoms. The van der Waals surface area contributed by atoms with E-state index < -0.39 is 11.6 Å². The average molecular weight is 350 g/mol. The van der Waals surface area contributed by atoms with Crippen molar-refractivity contribution >= 4 is 5.97 Å². The molecule has 4 nitrogen and oxygen atoms in total. The second-order valence-corrected chi connectivity index (χ2v) is 6.59. The molecule has 5 heteroatoms. The third-order valence-corrected chi connectivity index (χ3v) is 3.67. The van der Waals surface area contributed by atoms with E-state index in [-0.39, 0.29) is 19.0 Å². The van der Waals surface area contributed by atoms with E-state index in [1.165, 1.54) is 0 Å². The van der Waals surface area contributed by atoms with Crippen LogP contribution in [0.5, 0.6) is 0 Å². The number of hydrogen-bond acceptors (Lipinski definition) is 3. The number of quaternary nitrogens is 1. The molecule has 2 rings (SSSR count). The van der Waals surface area contributed by atoms with Crippen molar-refractivity contribution < 1.29 is 31.5 Å². The summed E-state index contributed by atoms with van der Waals surface area (Å²) in [4.78, 5) is 12.7. The van der Waals surface area contributed by atoms with Crippen LogP contribution < -0.4 is 12.4 Å². The molecule has 0 fully saturated rings. The molecule has 2 aromatic rings. The van der Waals surface area contributed by atoms with E-state index in [0.717, 1.165) is 0 Å². The van der Waals surface area contributed by atoms with E-state index in [1.54, 1.807) is 48.5 Å². The minimum Gasteiger partial charge on any atom is -1.00 e. The van der Waals surface area contributed by atoms with Gasteiger partial charge in [-0.25, -0.2) is 4.79 Å². The number of likely N-dealkylation sites (N-methyl/N-ethyl adjacent to an activating group) is 1. The minimum atomic E-state index is -1.80. The highest BCUT2D eigenvalue weighted by Crippen LogP contribution is 2.30. The number of aliphatic hydroxyl groups is 1. The first-order chi connectivity index (χ1) is 10.8. The van der Waals surface area contributed by atoms with Crippen LogP contribution in [0.2, 0.25) is 0 Å². The zero-order valence-corrected chi connectivity index (χ0v) is 15.0. The average Bonchev–Trinajstić information content (AvgIpc) is 2.54. The van der Waals surface area contributed by atoms with Crippen molar-refractivity contribution in [1.29, 1.82) is 0 Å². The van der Waals surface area contributed by atoms with Crippen molar-refractivity contribution in [3.05, 3.63) is 71.8 Å². The van der Waals surface area contributed by atoms with Gasteiger partial charge in [0.05, 0.1) is 21.1 Å². The summed E-state index contributed by atoms with van der Waals surface area (Å²) in [5, 5.41) is 11.2. The summed E-state index contributed by atoms with van der Waals surface area (Å²) < 4.78 is 6.07. The molecule has 0 aliphatic carbocycles. The van der Waals surface area contributed by atoms with Gasteiger partial charge in [0.25, 0.3) is 0 Å². The predicted molar refractivity (Wildman–Crippen MR) is 89.7 cm³/mol. The first-order valence-corrected chi connectivity index (χ1v) is 7.65. The van der Waals surface area contributed by atoms with Crippen LogP contribution in [0.4, 0.5) is 0 Å². The first kappa shape index (κ1) is 20.2. The standard InChI is InChI=1S/C19H24NO3.ClH/c1-20(2,3)14-15-23-18(21)19(22,16-10-6-4-7-11-16)17-12-8-5-9-13-17;/h4-13,22H,14-15H2,1-3H3;1H/q+1;/p-1. The van der Waals surface area contributed by atoms with Crippen LogP contribution in [0.1, 0.15) is 11.1 Å². The number of ether oxygens (including phenoxy) is 1. The highest BCUT2D eigenvalue weighted by Gasteiger charge is 2.41. The van der Waals surface area contributed by atoms with Gasteiger partial charge in [-0.2, -0.15) is 0 Å². The molecule has 0 heterocycles. The molecule has 0 saturated carbocycles. The number of nitrogens with zero attached hydrogens (tertiary/aromatic N) is 1. The molecule has 0 radical (unpaired) electrons. The lowest BCUT2D eigenvalue weighted by atomic mass is 9.86. The third kappa shape index (κ3) is 4.81. The fourth-order valence-electron chi connectivity index (χ4n) is 2.28. The van der Waals surface area contributed by atoms with Gasteiger partial charge in [-0.05, 0) is 11.1 Å². The summed E-state index contributed by atoms with van der Waals surface area (Å²) in [6, 6.07) is 17.8. The Labute approximate surface area is 149 Å². The molecule has 0 saturated heterocycles. The van der Waals surface area contributed by atoms with Gasteiger partial charge in [0.15, 0.2) is 0 Å². The Morgan fingerprint density at radius 2 is 1.38 bits per heavy atom. The first-order valence-electron chi connectivity index (χ1n) is 7.65. The van der Waals surface area contributed by atoms with Crippen LogP contribution in [-0.2, 0) is 15.1 Å². The van der Waals surface area contributed by atoms with Crippen LogP contribution in [0.25, 0.3) is 0 Å². The lowest BCUT2D eigenvalue weighted by Gasteiger charge is -2.28. The molecule has 0 aliphatic rings. The monoisotopic (exact) mass is 349 g/mol. The molecule has 1 N–H and O–H groups in total. The highest BCUT2D eigenvalue weighted by atomic mass is 35.5. The number of hydrogen-bond donors (Lipinski definition) is 1. The van der Waals surface area contributed by atoms with Gasteiger partial charge in [0.1, 0.15) is 13.2 Å². The Morgan fingerprint density at radius 3 is 1.75 bits per heavy atom. The summed E-state index contributed by atoms with van der Waals surface area (Å²) in [6.07, 6.45) is 0.